The summed E-state index contributed by atoms with van der Waals surface area (Å²) in [6.07, 6.45) is -0.0306. The lowest BCUT2D eigenvalue weighted by molar-refractivity contribution is -0.142. The van der Waals surface area contributed by atoms with Crippen molar-refractivity contribution < 1.29 is 24.2 Å². The molecule has 1 aliphatic rings. The van der Waals surface area contributed by atoms with Crippen LogP contribution < -0.4 is 0 Å². The number of carbonyl (C=O) groups excluding carboxylic acids is 1. The quantitative estimate of drug-likeness (QED) is 0.855. The van der Waals surface area contributed by atoms with Crippen molar-refractivity contribution >= 4 is 22.8 Å². The minimum atomic E-state index is -1.02. The number of carboxylic acids is 1. The highest BCUT2D eigenvalue weighted by Gasteiger charge is 2.45. The normalized spacial score (nSPS) is 19.8. The van der Waals surface area contributed by atoms with Gasteiger partial charge in [0.1, 0.15) is 11.6 Å². The number of likely N-dealkylation sites (tertiary alicyclic amines) is 1. The number of rotatable bonds is 4. The molecular weight excluding hydrogens is 358 g/mol. The minimum absolute atomic E-state index is 0.332. The number of benzene rings is 2. The topological polar surface area (TPSA) is 76.1 Å². The fraction of sp³-hybridized carbons (Fsp3) is 0.455. The lowest BCUT2D eigenvalue weighted by Crippen LogP contribution is -2.45. The van der Waals surface area contributed by atoms with Crippen molar-refractivity contribution in [3.05, 3.63) is 47.5 Å². The molecule has 0 bridgehead atoms. The number of carbonyl (C=O) groups is 2. The van der Waals surface area contributed by atoms with Gasteiger partial charge in [-0.25, -0.2) is 9.59 Å². The highest BCUT2D eigenvalue weighted by atomic mass is 16.6. The Bertz CT molecular complexity index is 886. The molecule has 0 aromatic heterocycles. The molecule has 1 fully saturated rings. The highest BCUT2D eigenvalue weighted by Crippen LogP contribution is 2.40. The maximum Gasteiger partial charge on any atom is 0.411 e. The summed E-state index contributed by atoms with van der Waals surface area (Å²) in [4.78, 5) is 26.2. The van der Waals surface area contributed by atoms with Crippen molar-refractivity contribution in [1.82, 2.24) is 4.90 Å². The Morgan fingerprint density at radius 2 is 1.89 bits per heavy atom. The van der Waals surface area contributed by atoms with Gasteiger partial charge in [0, 0.05) is 19.6 Å². The van der Waals surface area contributed by atoms with Crippen LogP contribution in [0.2, 0.25) is 0 Å². The molecule has 6 nitrogen and oxygen atoms in total. The predicted molar refractivity (Wildman–Crippen MR) is 106 cm³/mol. The van der Waals surface area contributed by atoms with Gasteiger partial charge in [-0.1, -0.05) is 36.4 Å². The standard InChI is InChI=1S/C22H27NO5/c1-22(2,3)28-21(26)23-12-11-17(19(23)20(24)25)18-15(13-27-4)10-9-14-7-5-6-8-16(14)18/h5-10,17,19H,11-13H2,1-4H3,(H,24,25)/t17-,19-/m0/s1. The van der Waals surface area contributed by atoms with Crippen LogP contribution in [0.15, 0.2) is 36.4 Å². The average molecular weight is 385 g/mol. The summed E-state index contributed by atoms with van der Waals surface area (Å²) in [5.41, 5.74) is 1.21. The second-order valence-electron chi connectivity index (χ2n) is 8.14. The average Bonchev–Trinajstić information content (AvgIpc) is 3.05. The number of aliphatic carboxylic acids is 1. The van der Waals surface area contributed by atoms with E-state index in [1.807, 2.05) is 36.4 Å². The maximum absolute atomic E-state index is 12.6. The predicted octanol–water partition coefficient (Wildman–Crippen LogP) is 4.16. The number of carboxylic acid groups (broad SMARTS) is 1. The molecule has 28 heavy (non-hydrogen) atoms. The molecule has 0 aliphatic carbocycles. The number of ether oxygens (including phenoxy) is 2. The van der Waals surface area contributed by atoms with Crippen LogP contribution in [0, 0.1) is 0 Å². The molecular formula is C22H27NO5. The van der Waals surface area contributed by atoms with Gasteiger partial charge in [0.2, 0.25) is 0 Å². The van der Waals surface area contributed by atoms with Crippen molar-refractivity contribution in [2.45, 2.75) is 51.4 Å². The van der Waals surface area contributed by atoms with E-state index in [1.165, 1.54) is 4.90 Å². The molecule has 2 aromatic rings. The number of fused-ring (bicyclic) bond motifs is 1. The molecule has 0 radical (unpaired) electrons. The van der Waals surface area contributed by atoms with Crippen LogP contribution in [0.5, 0.6) is 0 Å². The van der Waals surface area contributed by atoms with E-state index in [0.717, 1.165) is 21.9 Å². The molecule has 3 rings (SSSR count). The maximum atomic E-state index is 12.6. The SMILES string of the molecule is COCc1ccc2ccccc2c1[C@@H]1CCN(C(=O)OC(C)(C)C)[C@@H]1C(=O)O. The molecule has 0 saturated carbocycles. The molecule has 1 N–H and O–H groups in total. The number of amides is 1. The number of hydrogen-bond donors (Lipinski definition) is 1. The summed E-state index contributed by atoms with van der Waals surface area (Å²) in [7, 11) is 1.62. The first-order chi connectivity index (χ1) is 13.2. The molecule has 0 spiro atoms. The minimum Gasteiger partial charge on any atom is -0.480 e. The lowest BCUT2D eigenvalue weighted by atomic mass is 9.84. The summed E-state index contributed by atoms with van der Waals surface area (Å²) >= 11 is 0. The van der Waals surface area contributed by atoms with Gasteiger partial charge in [-0.15, -0.1) is 0 Å². The molecule has 2 aromatic carbocycles. The van der Waals surface area contributed by atoms with Crippen LogP contribution in [0.25, 0.3) is 10.8 Å². The summed E-state index contributed by atoms with van der Waals surface area (Å²) in [5, 5.41) is 12.0. The lowest BCUT2D eigenvalue weighted by Gasteiger charge is -2.29. The fourth-order valence-corrected chi connectivity index (χ4v) is 3.99. The van der Waals surface area contributed by atoms with Crippen LogP contribution >= 0.6 is 0 Å². The van der Waals surface area contributed by atoms with Gasteiger partial charge in [-0.05, 0) is 49.1 Å². The van der Waals surface area contributed by atoms with Gasteiger partial charge in [0.25, 0.3) is 0 Å². The molecule has 2 atom stereocenters. The zero-order chi connectivity index (χ0) is 20.5. The smallest absolute Gasteiger partial charge is 0.411 e. The first-order valence-electron chi connectivity index (χ1n) is 9.45. The van der Waals surface area contributed by atoms with Gasteiger partial charge in [-0.2, -0.15) is 0 Å². The third-order valence-corrected chi connectivity index (χ3v) is 5.01. The van der Waals surface area contributed by atoms with Gasteiger partial charge in [0.05, 0.1) is 6.61 Å². The van der Waals surface area contributed by atoms with Gasteiger partial charge in [0.15, 0.2) is 0 Å². The van der Waals surface area contributed by atoms with E-state index in [4.69, 9.17) is 9.47 Å². The van der Waals surface area contributed by atoms with Crippen LogP contribution in [0.4, 0.5) is 4.79 Å². The van der Waals surface area contributed by atoms with Crippen molar-refractivity contribution in [2.24, 2.45) is 0 Å². The van der Waals surface area contributed by atoms with Gasteiger partial charge >= 0.3 is 12.1 Å². The van der Waals surface area contributed by atoms with E-state index in [9.17, 15) is 14.7 Å². The van der Waals surface area contributed by atoms with Crippen LogP contribution in [-0.4, -0.2) is 47.4 Å². The number of nitrogens with zero attached hydrogens (tertiary/aromatic N) is 1. The second kappa shape index (κ2) is 7.80. The van der Waals surface area contributed by atoms with Gasteiger partial charge in [-0.3, -0.25) is 4.90 Å². The Kier molecular flexibility index (Phi) is 5.61. The molecule has 0 unspecified atom stereocenters. The zero-order valence-corrected chi connectivity index (χ0v) is 16.8. The van der Waals surface area contributed by atoms with Crippen molar-refractivity contribution in [2.75, 3.05) is 13.7 Å². The van der Waals surface area contributed by atoms with Crippen LogP contribution in [-0.2, 0) is 20.9 Å². The Balaban J connectivity index is 2.06. The van der Waals surface area contributed by atoms with E-state index in [1.54, 1.807) is 27.9 Å². The summed E-state index contributed by atoms with van der Waals surface area (Å²) < 4.78 is 10.8. The molecule has 150 valence electrons. The number of methoxy groups -OCH3 is 1. The van der Waals surface area contributed by atoms with E-state index < -0.39 is 23.7 Å². The molecule has 1 saturated heterocycles. The monoisotopic (exact) mass is 385 g/mol. The Morgan fingerprint density at radius 3 is 2.54 bits per heavy atom. The molecule has 1 amide bonds. The van der Waals surface area contributed by atoms with E-state index in [0.29, 0.717) is 19.6 Å². The van der Waals surface area contributed by atoms with E-state index in [2.05, 4.69) is 0 Å². The van der Waals surface area contributed by atoms with Crippen LogP contribution in [0.1, 0.15) is 44.2 Å². The van der Waals surface area contributed by atoms with E-state index in [-0.39, 0.29) is 5.92 Å². The molecule has 1 aliphatic heterocycles. The summed E-state index contributed by atoms with van der Waals surface area (Å²) in [5.74, 6) is -1.36. The first kappa shape index (κ1) is 20.1. The Labute approximate surface area is 165 Å². The van der Waals surface area contributed by atoms with Crippen molar-refractivity contribution in [3.8, 4) is 0 Å². The van der Waals surface area contributed by atoms with Crippen molar-refractivity contribution in [1.29, 1.82) is 0 Å². The second-order valence-corrected chi connectivity index (χ2v) is 8.14. The fourth-order valence-electron chi connectivity index (χ4n) is 3.99. The molecule has 1 heterocycles. The molecule has 6 heteroatoms. The summed E-state index contributed by atoms with van der Waals surface area (Å²) in [6, 6.07) is 10.9. The zero-order valence-electron chi connectivity index (χ0n) is 16.8. The van der Waals surface area contributed by atoms with Crippen LogP contribution in [0.3, 0.4) is 0 Å². The largest absolute Gasteiger partial charge is 0.480 e. The first-order valence-corrected chi connectivity index (χ1v) is 9.45. The third kappa shape index (κ3) is 3.97. The van der Waals surface area contributed by atoms with Gasteiger partial charge < -0.3 is 14.6 Å². The number of hydrogen-bond acceptors (Lipinski definition) is 4. The van der Waals surface area contributed by atoms with E-state index >= 15 is 0 Å². The summed E-state index contributed by atoms with van der Waals surface area (Å²) in [6.45, 7) is 6.04. The Hall–Kier alpha value is -2.60. The Morgan fingerprint density at radius 1 is 1.18 bits per heavy atom. The third-order valence-electron chi connectivity index (χ3n) is 5.01. The highest BCUT2D eigenvalue weighted by molar-refractivity contribution is 5.89. The van der Waals surface area contributed by atoms with Crippen molar-refractivity contribution in [3.63, 3.8) is 0 Å².